The highest BCUT2D eigenvalue weighted by Crippen LogP contribution is 2.53. The van der Waals surface area contributed by atoms with Crippen LogP contribution in [-0.4, -0.2) is 22.1 Å². The fourth-order valence-electron chi connectivity index (χ4n) is 3.40. The Morgan fingerprint density at radius 2 is 1.74 bits per heavy atom. The van der Waals surface area contributed by atoms with E-state index < -0.39 is 45.3 Å². The van der Waals surface area contributed by atoms with Crippen LogP contribution in [0.2, 0.25) is 5.02 Å². The molecule has 0 spiro atoms. The van der Waals surface area contributed by atoms with Crippen molar-refractivity contribution in [1.82, 2.24) is 0 Å². The molecule has 34 heavy (non-hydrogen) atoms. The summed E-state index contributed by atoms with van der Waals surface area (Å²) in [7, 11) is 0. The molecule has 2 saturated carbocycles. The summed E-state index contributed by atoms with van der Waals surface area (Å²) >= 11 is 17.9. The average Bonchev–Trinajstić information content (AvgIpc) is 3.70. The molecule has 1 unspecified atom stereocenters. The molecule has 2 aromatic carbocycles. The van der Waals surface area contributed by atoms with Gasteiger partial charge in [-0.2, -0.15) is 0 Å². The van der Waals surface area contributed by atoms with E-state index in [9.17, 15) is 23.2 Å². The number of carbonyl (C=O) groups is 3. The first-order chi connectivity index (χ1) is 16.0. The van der Waals surface area contributed by atoms with E-state index in [0.29, 0.717) is 18.8 Å². The fourth-order valence-corrected chi connectivity index (χ4v) is 4.11. The van der Waals surface area contributed by atoms with Crippen molar-refractivity contribution in [1.29, 1.82) is 0 Å². The summed E-state index contributed by atoms with van der Waals surface area (Å²) in [6.45, 7) is 0. The number of carbonyl (C=O) groups excluding carboxylic acids is 3. The predicted molar refractivity (Wildman–Crippen MR) is 128 cm³/mol. The molecule has 0 heterocycles. The summed E-state index contributed by atoms with van der Waals surface area (Å²) in [6, 6.07) is 6.16. The zero-order valence-corrected chi connectivity index (χ0v) is 20.0. The third-order valence-corrected chi connectivity index (χ3v) is 6.87. The fraction of sp³-hybridized carbons (Fsp3) is 0.348. The van der Waals surface area contributed by atoms with Crippen molar-refractivity contribution in [3.63, 3.8) is 0 Å². The first-order valence-electron chi connectivity index (χ1n) is 10.6. The molecule has 2 aliphatic carbocycles. The molecule has 4 rings (SSSR count). The zero-order chi connectivity index (χ0) is 24.6. The van der Waals surface area contributed by atoms with Gasteiger partial charge in [0.05, 0.1) is 22.2 Å². The summed E-state index contributed by atoms with van der Waals surface area (Å²) in [5.74, 6) is -3.88. The Labute approximate surface area is 209 Å². The van der Waals surface area contributed by atoms with E-state index in [1.54, 1.807) is 0 Å². The Morgan fingerprint density at radius 1 is 1.03 bits per heavy atom. The lowest BCUT2D eigenvalue weighted by Gasteiger charge is -2.13. The van der Waals surface area contributed by atoms with Gasteiger partial charge in [-0.25, -0.2) is 8.78 Å². The molecular weight excluding hydrogens is 511 g/mol. The van der Waals surface area contributed by atoms with Gasteiger partial charge < -0.3 is 16.0 Å². The number of rotatable bonds is 8. The Kier molecular flexibility index (Phi) is 7.03. The van der Waals surface area contributed by atoms with Gasteiger partial charge in [0.25, 0.3) is 5.91 Å². The van der Waals surface area contributed by atoms with Gasteiger partial charge in [-0.3, -0.25) is 14.4 Å². The molecule has 2 aromatic rings. The Hall–Kier alpha value is -2.42. The summed E-state index contributed by atoms with van der Waals surface area (Å²) < 4.78 is 28.0. The monoisotopic (exact) mass is 529 g/mol. The Bertz CT molecular complexity index is 1170. The topological polar surface area (TPSA) is 87.3 Å². The van der Waals surface area contributed by atoms with Gasteiger partial charge in [0.1, 0.15) is 15.8 Å². The van der Waals surface area contributed by atoms with Crippen LogP contribution in [0.4, 0.5) is 25.8 Å². The van der Waals surface area contributed by atoms with Crippen molar-refractivity contribution >= 4 is 69.6 Å². The van der Waals surface area contributed by atoms with Gasteiger partial charge in [0, 0.05) is 12.1 Å². The number of anilines is 3. The lowest BCUT2D eigenvalue weighted by Crippen LogP contribution is -2.19. The standard InChI is InChI=1S/C23H20Cl3F2N3O3/c24-15-5-4-12(29-22(34)14-10-23(14,25)26)9-13(15)21(33)30-17-7-6-16(27)20(19(17)28)31-18(32)8-3-11-1-2-11/h4-7,9,11,14H,1-3,8,10H2,(H,29,34)(H,30,33)(H,31,32). The molecule has 3 N–H and O–H groups in total. The third-order valence-electron chi connectivity index (χ3n) is 5.70. The quantitative estimate of drug-likeness (QED) is 0.359. The second-order valence-electron chi connectivity index (χ2n) is 8.47. The number of benzene rings is 2. The number of hydrogen-bond acceptors (Lipinski definition) is 3. The highest BCUT2D eigenvalue weighted by Gasteiger charge is 2.56. The maximum absolute atomic E-state index is 14.9. The van der Waals surface area contributed by atoms with Gasteiger partial charge in [-0.1, -0.05) is 24.4 Å². The first kappa shape index (κ1) is 24.7. The van der Waals surface area contributed by atoms with Crippen LogP contribution in [0.5, 0.6) is 0 Å². The predicted octanol–water partition coefficient (Wildman–Crippen LogP) is 6.13. The molecule has 2 fully saturated rings. The molecule has 0 aromatic heterocycles. The van der Waals surface area contributed by atoms with Gasteiger partial charge in [-0.15, -0.1) is 23.2 Å². The lowest BCUT2D eigenvalue weighted by molar-refractivity contribution is -0.117. The van der Waals surface area contributed by atoms with Gasteiger partial charge in [0.15, 0.2) is 5.82 Å². The summed E-state index contributed by atoms with van der Waals surface area (Å²) in [6.07, 6.45) is 3.25. The van der Waals surface area contributed by atoms with Crippen molar-refractivity contribution in [2.45, 2.75) is 36.4 Å². The minimum Gasteiger partial charge on any atom is -0.326 e. The van der Waals surface area contributed by atoms with Gasteiger partial charge >= 0.3 is 0 Å². The van der Waals surface area contributed by atoms with Crippen LogP contribution in [-0.2, 0) is 9.59 Å². The molecule has 6 nitrogen and oxygen atoms in total. The molecule has 0 aliphatic heterocycles. The third kappa shape index (κ3) is 5.79. The number of nitrogens with one attached hydrogen (secondary N) is 3. The maximum Gasteiger partial charge on any atom is 0.257 e. The second-order valence-corrected chi connectivity index (χ2v) is 10.4. The van der Waals surface area contributed by atoms with Gasteiger partial charge in [0.2, 0.25) is 11.8 Å². The summed E-state index contributed by atoms with van der Waals surface area (Å²) in [5.41, 5.74) is -0.780. The lowest BCUT2D eigenvalue weighted by atomic mass is 10.1. The average molecular weight is 531 g/mol. The van der Waals surface area contributed by atoms with E-state index in [0.717, 1.165) is 25.0 Å². The molecule has 2 aliphatic rings. The molecule has 3 amide bonds. The molecule has 0 saturated heterocycles. The van der Waals surface area contributed by atoms with Gasteiger partial charge in [-0.05, 0) is 49.1 Å². The van der Waals surface area contributed by atoms with Crippen LogP contribution in [0.1, 0.15) is 42.5 Å². The van der Waals surface area contributed by atoms with Crippen LogP contribution >= 0.6 is 34.8 Å². The smallest absolute Gasteiger partial charge is 0.257 e. The van der Waals surface area contributed by atoms with Crippen molar-refractivity contribution in [3.05, 3.63) is 52.6 Å². The maximum atomic E-state index is 14.9. The van der Waals surface area contributed by atoms with E-state index in [-0.39, 0.29) is 28.4 Å². The number of alkyl halides is 2. The van der Waals surface area contributed by atoms with E-state index in [4.69, 9.17) is 34.8 Å². The van der Waals surface area contributed by atoms with E-state index in [1.807, 2.05) is 0 Å². The minimum atomic E-state index is -1.12. The first-order valence-corrected chi connectivity index (χ1v) is 11.8. The van der Waals surface area contributed by atoms with Crippen LogP contribution in [0.25, 0.3) is 0 Å². The minimum absolute atomic E-state index is 0.0436. The highest BCUT2D eigenvalue weighted by molar-refractivity contribution is 6.52. The Morgan fingerprint density at radius 3 is 2.38 bits per heavy atom. The van der Waals surface area contributed by atoms with Crippen molar-refractivity contribution in [3.8, 4) is 0 Å². The van der Waals surface area contributed by atoms with Crippen LogP contribution in [0, 0.1) is 23.5 Å². The number of amides is 3. The highest BCUT2D eigenvalue weighted by atomic mass is 35.5. The van der Waals surface area contributed by atoms with Crippen molar-refractivity contribution in [2.24, 2.45) is 11.8 Å². The molecular formula is C23H20Cl3F2N3O3. The molecule has 1 atom stereocenters. The largest absolute Gasteiger partial charge is 0.326 e. The number of hydrogen-bond donors (Lipinski definition) is 3. The van der Waals surface area contributed by atoms with E-state index in [2.05, 4.69) is 16.0 Å². The summed E-state index contributed by atoms with van der Waals surface area (Å²) in [5, 5.41) is 7.22. The van der Waals surface area contributed by atoms with Crippen molar-refractivity contribution in [2.75, 3.05) is 16.0 Å². The van der Waals surface area contributed by atoms with Crippen molar-refractivity contribution < 1.29 is 23.2 Å². The zero-order valence-electron chi connectivity index (χ0n) is 17.7. The molecule has 0 bridgehead atoms. The molecule has 11 heteroatoms. The number of halogens is 5. The van der Waals surface area contributed by atoms with Crippen LogP contribution in [0.15, 0.2) is 30.3 Å². The Balaban J connectivity index is 1.46. The SMILES string of the molecule is O=C(CCC1CC1)Nc1c(F)ccc(NC(=O)c2cc(NC(=O)C3CC3(Cl)Cl)ccc2Cl)c1F. The second kappa shape index (κ2) is 9.68. The normalized spacial score (nSPS) is 18.2. The van der Waals surface area contributed by atoms with E-state index >= 15 is 0 Å². The van der Waals surface area contributed by atoms with Crippen LogP contribution < -0.4 is 16.0 Å². The molecule has 180 valence electrons. The van der Waals surface area contributed by atoms with E-state index in [1.165, 1.54) is 18.2 Å². The summed E-state index contributed by atoms with van der Waals surface area (Å²) in [4.78, 5) is 37.0. The van der Waals surface area contributed by atoms with Crippen LogP contribution in [0.3, 0.4) is 0 Å². The molecule has 0 radical (unpaired) electrons.